The van der Waals surface area contributed by atoms with E-state index < -0.39 is 11.9 Å². The topological polar surface area (TPSA) is 59.4 Å². The smallest absolute Gasteiger partial charge is 0.379 e. The van der Waals surface area contributed by atoms with Gasteiger partial charge in [-0.3, -0.25) is 14.9 Å². The molecule has 1 N–H and O–H groups in total. The van der Waals surface area contributed by atoms with Gasteiger partial charge in [-0.1, -0.05) is 0 Å². The fourth-order valence-electron chi connectivity index (χ4n) is 2.67. The van der Waals surface area contributed by atoms with E-state index in [4.69, 9.17) is 4.74 Å². The summed E-state index contributed by atoms with van der Waals surface area (Å²) >= 11 is 3.04. The van der Waals surface area contributed by atoms with Crippen LogP contribution in [-0.2, 0) is 22.3 Å². The first-order chi connectivity index (χ1) is 11.4. The fourth-order valence-corrected chi connectivity index (χ4v) is 3.50. The number of nitrogens with one attached hydrogen (secondary N) is 1. The van der Waals surface area contributed by atoms with Gasteiger partial charge in [0.2, 0.25) is 5.91 Å². The van der Waals surface area contributed by atoms with Crippen LogP contribution in [0.2, 0.25) is 0 Å². The van der Waals surface area contributed by atoms with Gasteiger partial charge >= 0.3 is 6.18 Å². The van der Waals surface area contributed by atoms with Crippen molar-refractivity contribution in [2.75, 3.05) is 26.3 Å². The van der Waals surface area contributed by atoms with Crippen molar-refractivity contribution >= 4 is 21.8 Å². The van der Waals surface area contributed by atoms with Gasteiger partial charge in [0.15, 0.2) is 5.69 Å². The summed E-state index contributed by atoms with van der Waals surface area (Å²) < 4.78 is 45.6. The molecule has 1 aromatic heterocycles. The molecule has 1 amide bonds. The van der Waals surface area contributed by atoms with Gasteiger partial charge in [-0.15, -0.1) is 0 Å². The maximum atomic E-state index is 13.0. The van der Waals surface area contributed by atoms with Gasteiger partial charge < -0.3 is 4.74 Å². The summed E-state index contributed by atoms with van der Waals surface area (Å²) in [6.07, 6.45) is -2.74. The third-order valence-corrected chi connectivity index (χ3v) is 4.79. The lowest BCUT2D eigenvalue weighted by atomic mass is 10.2. The maximum Gasteiger partial charge on any atom is 0.436 e. The molecule has 0 bridgehead atoms. The van der Waals surface area contributed by atoms with Gasteiger partial charge in [-0.25, -0.2) is 5.01 Å². The Morgan fingerprint density at radius 2 is 2.00 bits per heavy atom. The van der Waals surface area contributed by atoms with E-state index in [1.807, 2.05) is 0 Å². The SMILES string of the molecule is O=C(CCn1nc(C(F)(F)F)c(Br)c1C1CC1)NN1CCOCC1. The number of alkyl halides is 3. The average molecular weight is 411 g/mol. The van der Waals surface area contributed by atoms with E-state index in [0.717, 1.165) is 12.8 Å². The number of aryl methyl sites for hydroxylation is 1. The van der Waals surface area contributed by atoms with E-state index in [0.29, 0.717) is 32.0 Å². The number of amides is 1. The number of hydrogen-bond acceptors (Lipinski definition) is 4. The Balaban J connectivity index is 1.65. The van der Waals surface area contributed by atoms with E-state index in [2.05, 4.69) is 26.5 Å². The Labute approximate surface area is 145 Å². The molecule has 2 fully saturated rings. The van der Waals surface area contributed by atoms with Gasteiger partial charge in [0.1, 0.15) is 0 Å². The molecule has 0 atom stereocenters. The molecule has 1 aliphatic heterocycles. The minimum absolute atomic E-state index is 0.00564. The highest BCUT2D eigenvalue weighted by atomic mass is 79.9. The van der Waals surface area contributed by atoms with Crippen molar-refractivity contribution < 1.29 is 22.7 Å². The Bertz CT molecular complexity index is 610. The van der Waals surface area contributed by atoms with E-state index in [1.165, 1.54) is 4.68 Å². The number of carbonyl (C=O) groups excluding carboxylic acids is 1. The second kappa shape index (κ2) is 7.01. The average Bonchev–Trinajstić information content (AvgIpc) is 3.29. The standard InChI is InChI=1S/C14H18BrF3N4O2/c15-11-12(9-1-2-9)22(20-13(11)14(16,17)18)4-3-10(23)19-21-5-7-24-8-6-21/h9H,1-8H2,(H,19,23). The maximum absolute atomic E-state index is 13.0. The summed E-state index contributed by atoms with van der Waals surface area (Å²) in [5, 5.41) is 5.45. The van der Waals surface area contributed by atoms with Crippen molar-refractivity contribution in [1.29, 1.82) is 0 Å². The number of aromatic nitrogens is 2. The predicted octanol–water partition coefficient (Wildman–Crippen LogP) is 2.30. The van der Waals surface area contributed by atoms with Crippen molar-refractivity contribution in [3.05, 3.63) is 15.9 Å². The molecule has 0 aromatic carbocycles. The molecule has 10 heteroatoms. The molecule has 134 valence electrons. The molecule has 2 heterocycles. The van der Waals surface area contributed by atoms with E-state index in [-0.39, 0.29) is 29.3 Å². The molecular formula is C14H18BrF3N4O2. The lowest BCUT2D eigenvalue weighted by molar-refractivity contribution is -0.142. The summed E-state index contributed by atoms with van der Waals surface area (Å²) in [5.74, 6) is -0.149. The van der Waals surface area contributed by atoms with Gasteiger partial charge in [-0.05, 0) is 28.8 Å². The number of carbonyl (C=O) groups is 1. The van der Waals surface area contributed by atoms with Crippen LogP contribution in [0.5, 0.6) is 0 Å². The number of morpholine rings is 1. The molecule has 24 heavy (non-hydrogen) atoms. The Hall–Kier alpha value is -1.13. The second-order valence-electron chi connectivity index (χ2n) is 5.93. The second-order valence-corrected chi connectivity index (χ2v) is 6.72. The molecule has 0 radical (unpaired) electrons. The largest absolute Gasteiger partial charge is 0.436 e. The highest BCUT2D eigenvalue weighted by Gasteiger charge is 2.41. The van der Waals surface area contributed by atoms with Crippen LogP contribution in [0.15, 0.2) is 4.47 Å². The van der Waals surface area contributed by atoms with Gasteiger partial charge in [0.05, 0.1) is 29.9 Å². The third kappa shape index (κ3) is 4.09. The van der Waals surface area contributed by atoms with Crippen molar-refractivity contribution in [3.63, 3.8) is 0 Å². The van der Waals surface area contributed by atoms with Crippen LogP contribution in [0.4, 0.5) is 13.2 Å². The van der Waals surface area contributed by atoms with Crippen LogP contribution >= 0.6 is 15.9 Å². The summed E-state index contributed by atoms with van der Waals surface area (Å²) in [7, 11) is 0. The van der Waals surface area contributed by atoms with Crippen molar-refractivity contribution in [2.45, 2.75) is 37.9 Å². The first-order valence-electron chi connectivity index (χ1n) is 7.82. The van der Waals surface area contributed by atoms with Gasteiger partial charge in [0, 0.05) is 25.4 Å². The normalized spacial score (nSPS) is 19.5. The Kier molecular flexibility index (Phi) is 5.16. The lowest BCUT2D eigenvalue weighted by Gasteiger charge is -2.26. The zero-order valence-corrected chi connectivity index (χ0v) is 14.5. The number of ether oxygens (including phenoxy) is 1. The minimum atomic E-state index is -4.51. The first kappa shape index (κ1) is 17.7. The molecule has 1 aliphatic carbocycles. The molecule has 1 saturated carbocycles. The zero-order chi connectivity index (χ0) is 17.3. The monoisotopic (exact) mass is 410 g/mol. The first-order valence-corrected chi connectivity index (χ1v) is 8.61. The number of hydrogen-bond donors (Lipinski definition) is 1. The predicted molar refractivity (Wildman–Crippen MR) is 82.1 cm³/mol. The molecular weight excluding hydrogens is 393 g/mol. The zero-order valence-electron chi connectivity index (χ0n) is 12.9. The third-order valence-electron chi connectivity index (χ3n) is 4.01. The van der Waals surface area contributed by atoms with Crippen LogP contribution in [0.1, 0.15) is 36.6 Å². The minimum Gasteiger partial charge on any atom is -0.379 e. The van der Waals surface area contributed by atoms with Gasteiger partial charge in [-0.2, -0.15) is 18.3 Å². The number of nitrogens with zero attached hydrogens (tertiary/aromatic N) is 3. The molecule has 1 saturated heterocycles. The molecule has 1 aromatic rings. The number of hydrazine groups is 1. The van der Waals surface area contributed by atoms with Crippen molar-refractivity contribution in [3.8, 4) is 0 Å². The Morgan fingerprint density at radius 1 is 1.33 bits per heavy atom. The van der Waals surface area contributed by atoms with Crippen LogP contribution in [0.3, 0.4) is 0 Å². The summed E-state index contributed by atoms with van der Waals surface area (Å²) in [5.41, 5.74) is 2.37. The van der Waals surface area contributed by atoms with Crippen molar-refractivity contribution in [1.82, 2.24) is 20.2 Å². The number of halogens is 4. The molecule has 3 rings (SSSR count). The van der Waals surface area contributed by atoms with Gasteiger partial charge in [0.25, 0.3) is 0 Å². The lowest BCUT2D eigenvalue weighted by Crippen LogP contribution is -2.48. The summed E-state index contributed by atoms with van der Waals surface area (Å²) in [6, 6.07) is 0. The highest BCUT2D eigenvalue weighted by Crippen LogP contribution is 2.46. The van der Waals surface area contributed by atoms with Crippen LogP contribution in [-0.4, -0.2) is 47.0 Å². The summed E-state index contributed by atoms with van der Waals surface area (Å²) in [6.45, 7) is 2.42. The van der Waals surface area contributed by atoms with Crippen LogP contribution < -0.4 is 5.43 Å². The molecule has 6 nitrogen and oxygen atoms in total. The Morgan fingerprint density at radius 3 is 2.58 bits per heavy atom. The summed E-state index contributed by atoms with van der Waals surface area (Å²) in [4.78, 5) is 12.0. The van der Waals surface area contributed by atoms with Crippen LogP contribution in [0.25, 0.3) is 0 Å². The molecule has 2 aliphatic rings. The fraction of sp³-hybridized carbons (Fsp3) is 0.714. The van der Waals surface area contributed by atoms with Crippen LogP contribution in [0, 0.1) is 0 Å². The van der Waals surface area contributed by atoms with E-state index >= 15 is 0 Å². The molecule has 0 unspecified atom stereocenters. The highest BCUT2D eigenvalue weighted by molar-refractivity contribution is 9.10. The van der Waals surface area contributed by atoms with E-state index in [1.54, 1.807) is 5.01 Å². The van der Waals surface area contributed by atoms with Crippen molar-refractivity contribution in [2.24, 2.45) is 0 Å². The quantitative estimate of drug-likeness (QED) is 0.808. The van der Waals surface area contributed by atoms with E-state index in [9.17, 15) is 18.0 Å². The molecule has 0 spiro atoms. The number of rotatable bonds is 5.